The molecular formula is C11H12ClFN4. The van der Waals surface area contributed by atoms with Gasteiger partial charge in [-0.2, -0.15) is 5.10 Å². The van der Waals surface area contributed by atoms with Crippen molar-refractivity contribution in [2.45, 2.75) is 19.4 Å². The first-order valence-corrected chi connectivity index (χ1v) is 5.55. The van der Waals surface area contributed by atoms with Crippen LogP contribution in [0, 0.1) is 5.82 Å². The molecule has 0 aliphatic carbocycles. The van der Waals surface area contributed by atoms with Gasteiger partial charge >= 0.3 is 0 Å². The Hall–Kier alpha value is -1.46. The second-order valence-corrected chi connectivity index (χ2v) is 4.23. The molecule has 0 bridgehead atoms. The molecule has 0 spiro atoms. The number of nitrogens with one attached hydrogen (secondary N) is 1. The van der Waals surface area contributed by atoms with E-state index in [1.165, 1.54) is 6.07 Å². The average Bonchev–Trinajstić information content (AvgIpc) is 2.73. The van der Waals surface area contributed by atoms with E-state index in [2.05, 4.69) is 15.2 Å². The molecule has 0 amide bonds. The molecule has 0 aliphatic heterocycles. The third kappa shape index (κ3) is 2.62. The molecule has 0 aliphatic rings. The molecule has 0 fully saturated rings. The number of halogens is 2. The van der Waals surface area contributed by atoms with Crippen LogP contribution in [0.3, 0.4) is 0 Å². The maximum atomic E-state index is 13.6. The molecule has 6 heteroatoms. The predicted octanol–water partition coefficient (Wildman–Crippen LogP) is 2.21. The third-order valence-electron chi connectivity index (χ3n) is 2.35. The second kappa shape index (κ2) is 4.81. The quantitative estimate of drug-likeness (QED) is 0.882. The summed E-state index contributed by atoms with van der Waals surface area (Å²) in [7, 11) is 0. The van der Waals surface area contributed by atoms with E-state index in [1.54, 1.807) is 19.1 Å². The van der Waals surface area contributed by atoms with Crippen molar-refractivity contribution in [3.8, 4) is 0 Å². The van der Waals surface area contributed by atoms with Gasteiger partial charge in [-0.3, -0.25) is 5.10 Å². The van der Waals surface area contributed by atoms with E-state index in [1.807, 2.05) is 0 Å². The van der Waals surface area contributed by atoms with E-state index in [0.717, 1.165) is 0 Å². The molecule has 4 nitrogen and oxygen atoms in total. The molecule has 1 aromatic heterocycles. The maximum absolute atomic E-state index is 13.6. The fraction of sp³-hybridized carbons (Fsp3) is 0.273. The van der Waals surface area contributed by atoms with Gasteiger partial charge in [0.2, 0.25) is 0 Å². The standard InChI is InChI=1S/C11H12ClFN4/c1-6(14)11-15-9(16-17-11)5-7-3-2-4-8(12)10(7)13/h2-4,6H,5,14H2,1H3,(H,15,16,17). The summed E-state index contributed by atoms with van der Waals surface area (Å²) >= 11 is 5.69. The lowest BCUT2D eigenvalue weighted by molar-refractivity contribution is 0.612. The fourth-order valence-corrected chi connectivity index (χ4v) is 1.65. The minimum absolute atomic E-state index is 0.106. The van der Waals surface area contributed by atoms with Crippen molar-refractivity contribution >= 4 is 11.6 Å². The molecular weight excluding hydrogens is 243 g/mol. The van der Waals surface area contributed by atoms with Gasteiger partial charge in [0.15, 0.2) is 5.82 Å². The second-order valence-electron chi connectivity index (χ2n) is 3.82. The minimum atomic E-state index is -0.423. The van der Waals surface area contributed by atoms with Crippen LogP contribution in [0.2, 0.25) is 5.02 Å². The largest absolute Gasteiger partial charge is 0.321 e. The highest BCUT2D eigenvalue weighted by Crippen LogP contribution is 2.19. The van der Waals surface area contributed by atoms with Crippen LogP contribution in [0.5, 0.6) is 0 Å². The zero-order valence-corrected chi connectivity index (χ0v) is 10.0. The van der Waals surface area contributed by atoms with Gasteiger partial charge in [-0.05, 0) is 18.6 Å². The number of aromatic amines is 1. The predicted molar refractivity (Wildman–Crippen MR) is 63.2 cm³/mol. The third-order valence-corrected chi connectivity index (χ3v) is 2.64. The Morgan fingerprint density at radius 1 is 1.53 bits per heavy atom. The van der Waals surface area contributed by atoms with Crippen LogP contribution in [0.4, 0.5) is 4.39 Å². The zero-order chi connectivity index (χ0) is 12.4. The van der Waals surface area contributed by atoms with Gasteiger partial charge < -0.3 is 5.73 Å². The molecule has 1 atom stereocenters. The van der Waals surface area contributed by atoms with Crippen LogP contribution in [0.15, 0.2) is 18.2 Å². The Labute approximate surface area is 103 Å². The number of aromatic nitrogens is 3. The average molecular weight is 255 g/mol. The van der Waals surface area contributed by atoms with Crippen molar-refractivity contribution < 1.29 is 4.39 Å². The summed E-state index contributed by atoms with van der Waals surface area (Å²) in [6.07, 6.45) is 0.312. The first-order valence-electron chi connectivity index (χ1n) is 5.17. The lowest BCUT2D eigenvalue weighted by atomic mass is 10.1. The van der Waals surface area contributed by atoms with Gasteiger partial charge in [0.05, 0.1) is 11.1 Å². The summed E-state index contributed by atoms with van der Waals surface area (Å²) in [4.78, 5) is 4.17. The van der Waals surface area contributed by atoms with Crippen LogP contribution in [0.25, 0.3) is 0 Å². The number of H-pyrrole nitrogens is 1. The van der Waals surface area contributed by atoms with E-state index in [9.17, 15) is 4.39 Å². The Morgan fingerprint density at radius 2 is 2.29 bits per heavy atom. The van der Waals surface area contributed by atoms with E-state index in [-0.39, 0.29) is 11.1 Å². The van der Waals surface area contributed by atoms with Gasteiger partial charge in [-0.1, -0.05) is 23.7 Å². The van der Waals surface area contributed by atoms with E-state index >= 15 is 0 Å². The van der Waals surface area contributed by atoms with Gasteiger partial charge in [-0.25, -0.2) is 9.37 Å². The topological polar surface area (TPSA) is 67.6 Å². The lowest BCUT2D eigenvalue weighted by Gasteiger charge is -2.01. The number of hydrogen-bond donors (Lipinski definition) is 2. The SMILES string of the molecule is CC(N)c1n[nH]c(Cc2cccc(Cl)c2F)n1. The Kier molecular flexibility index (Phi) is 3.40. The van der Waals surface area contributed by atoms with Crippen LogP contribution in [0.1, 0.15) is 30.2 Å². The summed E-state index contributed by atoms with van der Waals surface area (Å²) in [6, 6.07) is 4.62. The van der Waals surface area contributed by atoms with Crippen molar-refractivity contribution in [3.05, 3.63) is 46.3 Å². The number of hydrogen-bond acceptors (Lipinski definition) is 3. The summed E-state index contributed by atoms with van der Waals surface area (Å²) in [5, 5.41) is 6.78. The molecule has 90 valence electrons. The maximum Gasteiger partial charge on any atom is 0.167 e. The van der Waals surface area contributed by atoms with Crippen molar-refractivity contribution in [1.29, 1.82) is 0 Å². The molecule has 1 aromatic carbocycles. The first-order chi connectivity index (χ1) is 8.08. The van der Waals surface area contributed by atoms with Crippen molar-refractivity contribution in [2.24, 2.45) is 5.73 Å². The first kappa shape index (κ1) is 12.0. The Morgan fingerprint density at radius 3 is 2.94 bits per heavy atom. The number of benzene rings is 1. The molecule has 1 heterocycles. The summed E-state index contributed by atoms with van der Waals surface area (Å²) in [6.45, 7) is 1.78. The molecule has 2 rings (SSSR count). The van der Waals surface area contributed by atoms with Gasteiger partial charge in [0, 0.05) is 6.42 Å². The van der Waals surface area contributed by atoms with E-state index in [4.69, 9.17) is 17.3 Å². The summed E-state index contributed by atoms with van der Waals surface area (Å²) < 4.78 is 13.6. The van der Waals surface area contributed by atoms with E-state index in [0.29, 0.717) is 23.6 Å². The smallest absolute Gasteiger partial charge is 0.167 e. The highest BCUT2D eigenvalue weighted by atomic mass is 35.5. The van der Waals surface area contributed by atoms with Crippen molar-refractivity contribution in [3.63, 3.8) is 0 Å². The molecule has 3 N–H and O–H groups in total. The fourth-order valence-electron chi connectivity index (χ4n) is 1.46. The lowest BCUT2D eigenvalue weighted by Crippen LogP contribution is -2.07. The molecule has 2 aromatic rings. The summed E-state index contributed by atoms with van der Waals surface area (Å²) in [5.41, 5.74) is 6.11. The van der Waals surface area contributed by atoms with Gasteiger partial charge in [-0.15, -0.1) is 0 Å². The minimum Gasteiger partial charge on any atom is -0.321 e. The van der Waals surface area contributed by atoms with Crippen LogP contribution < -0.4 is 5.73 Å². The van der Waals surface area contributed by atoms with Crippen molar-refractivity contribution in [1.82, 2.24) is 15.2 Å². The summed E-state index contributed by atoms with van der Waals surface area (Å²) in [5.74, 6) is 0.661. The zero-order valence-electron chi connectivity index (χ0n) is 9.24. The van der Waals surface area contributed by atoms with E-state index < -0.39 is 5.82 Å². The van der Waals surface area contributed by atoms with Crippen LogP contribution in [-0.4, -0.2) is 15.2 Å². The molecule has 0 saturated carbocycles. The number of nitrogens with two attached hydrogens (primary N) is 1. The molecule has 0 saturated heterocycles. The number of nitrogens with zero attached hydrogens (tertiary/aromatic N) is 2. The van der Waals surface area contributed by atoms with Crippen LogP contribution >= 0.6 is 11.6 Å². The molecule has 1 unspecified atom stereocenters. The van der Waals surface area contributed by atoms with Gasteiger partial charge in [0.1, 0.15) is 11.6 Å². The normalized spacial score (nSPS) is 12.7. The monoisotopic (exact) mass is 254 g/mol. The highest BCUT2D eigenvalue weighted by Gasteiger charge is 2.11. The Bertz CT molecular complexity index is 524. The number of rotatable bonds is 3. The van der Waals surface area contributed by atoms with Crippen LogP contribution in [-0.2, 0) is 6.42 Å². The Balaban J connectivity index is 2.22. The highest BCUT2D eigenvalue weighted by molar-refractivity contribution is 6.30. The molecule has 0 radical (unpaired) electrons. The van der Waals surface area contributed by atoms with Gasteiger partial charge in [0.25, 0.3) is 0 Å². The van der Waals surface area contributed by atoms with Crippen molar-refractivity contribution in [2.75, 3.05) is 0 Å². The molecule has 17 heavy (non-hydrogen) atoms.